The average molecular weight is 283 g/mol. The summed E-state index contributed by atoms with van der Waals surface area (Å²) in [6.07, 6.45) is 1.70. The van der Waals surface area contributed by atoms with Gasteiger partial charge in [-0.3, -0.25) is 9.78 Å². The van der Waals surface area contributed by atoms with Crippen LogP contribution in [0.15, 0.2) is 60.8 Å². The zero-order valence-electron chi connectivity index (χ0n) is 10.5. The normalized spacial score (nSPS) is 10.4. The van der Waals surface area contributed by atoms with Crippen molar-refractivity contribution in [1.29, 1.82) is 0 Å². The van der Waals surface area contributed by atoms with Crippen molar-refractivity contribution in [2.45, 2.75) is 0 Å². The molecule has 20 heavy (non-hydrogen) atoms. The van der Waals surface area contributed by atoms with Crippen molar-refractivity contribution in [2.24, 2.45) is 0 Å². The third kappa shape index (κ3) is 2.63. The molecule has 1 N–H and O–H groups in total. The lowest BCUT2D eigenvalue weighted by Crippen LogP contribution is -2.13. The van der Waals surface area contributed by atoms with Crippen molar-refractivity contribution < 1.29 is 4.79 Å². The van der Waals surface area contributed by atoms with Crippen LogP contribution in [0, 0.1) is 0 Å². The molecule has 98 valence electrons. The second-order valence-corrected chi connectivity index (χ2v) is 4.82. The molecule has 3 aromatic rings. The Morgan fingerprint density at radius 1 is 1.00 bits per heavy atom. The van der Waals surface area contributed by atoms with Crippen LogP contribution >= 0.6 is 11.6 Å². The third-order valence-electron chi connectivity index (χ3n) is 2.95. The Hall–Kier alpha value is -2.39. The Morgan fingerprint density at radius 2 is 1.80 bits per heavy atom. The van der Waals surface area contributed by atoms with Gasteiger partial charge in [0.1, 0.15) is 5.69 Å². The Kier molecular flexibility index (Phi) is 3.35. The number of hydrogen-bond acceptors (Lipinski definition) is 2. The van der Waals surface area contributed by atoms with E-state index in [1.54, 1.807) is 36.5 Å². The maximum absolute atomic E-state index is 12.2. The van der Waals surface area contributed by atoms with Gasteiger partial charge in [0.2, 0.25) is 0 Å². The van der Waals surface area contributed by atoms with Gasteiger partial charge in [-0.1, -0.05) is 41.9 Å². The van der Waals surface area contributed by atoms with E-state index in [-0.39, 0.29) is 5.91 Å². The molecule has 0 unspecified atom stereocenters. The van der Waals surface area contributed by atoms with E-state index >= 15 is 0 Å². The topological polar surface area (TPSA) is 42.0 Å². The van der Waals surface area contributed by atoms with E-state index in [2.05, 4.69) is 10.3 Å². The zero-order chi connectivity index (χ0) is 13.9. The van der Waals surface area contributed by atoms with Crippen LogP contribution in [0.1, 0.15) is 10.5 Å². The van der Waals surface area contributed by atoms with Crippen molar-refractivity contribution in [3.8, 4) is 0 Å². The molecule has 1 amide bonds. The molecule has 0 aliphatic heterocycles. The number of anilines is 1. The van der Waals surface area contributed by atoms with Gasteiger partial charge in [0, 0.05) is 22.3 Å². The van der Waals surface area contributed by atoms with E-state index in [0.717, 1.165) is 10.8 Å². The van der Waals surface area contributed by atoms with Crippen LogP contribution < -0.4 is 5.32 Å². The quantitative estimate of drug-likeness (QED) is 0.767. The number of carbonyl (C=O) groups excluding carboxylic acids is 1. The number of aromatic nitrogens is 1. The monoisotopic (exact) mass is 282 g/mol. The lowest BCUT2D eigenvalue weighted by atomic mass is 10.1. The number of fused-ring (bicyclic) bond motifs is 1. The SMILES string of the molecule is O=C(Nc1cccc(Cl)c1)c1cc2ccccc2cn1. The molecule has 3 nitrogen and oxygen atoms in total. The van der Waals surface area contributed by atoms with Crippen LogP contribution in [0.25, 0.3) is 10.8 Å². The molecule has 0 spiro atoms. The predicted octanol–water partition coefficient (Wildman–Crippen LogP) is 4.14. The first-order valence-corrected chi connectivity index (χ1v) is 6.52. The van der Waals surface area contributed by atoms with Crippen LogP contribution in [-0.4, -0.2) is 10.9 Å². The highest BCUT2D eigenvalue weighted by Gasteiger charge is 2.08. The number of rotatable bonds is 2. The first-order valence-electron chi connectivity index (χ1n) is 6.14. The molecule has 0 atom stereocenters. The molecule has 0 fully saturated rings. The van der Waals surface area contributed by atoms with Crippen molar-refractivity contribution in [3.05, 3.63) is 71.5 Å². The number of benzene rings is 2. The lowest BCUT2D eigenvalue weighted by Gasteiger charge is -2.06. The standard InChI is InChI=1S/C16H11ClN2O/c17-13-6-3-7-14(9-13)19-16(20)15-8-11-4-1-2-5-12(11)10-18-15/h1-10H,(H,19,20). The first-order chi connectivity index (χ1) is 9.72. The smallest absolute Gasteiger partial charge is 0.274 e. The summed E-state index contributed by atoms with van der Waals surface area (Å²) in [5.74, 6) is -0.252. The van der Waals surface area contributed by atoms with E-state index in [9.17, 15) is 4.79 Å². The zero-order valence-corrected chi connectivity index (χ0v) is 11.3. The number of nitrogens with one attached hydrogen (secondary N) is 1. The highest BCUT2D eigenvalue weighted by Crippen LogP contribution is 2.17. The van der Waals surface area contributed by atoms with Gasteiger partial charge in [0.25, 0.3) is 5.91 Å². The average Bonchev–Trinajstić information content (AvgIpc) is 2.47. The van der Waals surface area contributed by atoms with Gasteiger partial charge in [0.05, 0.1) is 0 Å². The van der Waals surface area contributed by atoms with Crippen LogP contribution in [-0.2, 0) is 0 Å². The Morgan fingerprint density at radius 3 is 2.60 bits per heavy atom. The maximum atomic E-state index is 12.2. The highest BCUT2D eigenvalue weighted by molar-refractivity contribution is 6.30. The molecule has 0 aliphatic rings. The maximum Gasteiger partial charge on any atom is 0.274 e. The summed E-state index contributed by atoms with van der Waals surface area (Å²) in [5, 5.41) is 5.35. The van der Waals surface area contributed by atoms with Crippen molar-refractivity contribution in [1.82, 2.24) is 4.98 Å². The molecule has 1 heterocycles. The number of hydrogen-bond donors (Lipinski definition) is 1. The number of nitrogens with zero attached hydrogens (tertiary/aromatic N) is 1. The minimum Gasteiger partial charge on any atom is -0.321 e. The predicted molar refractivity (Wildman–Crippen MR) is 81.1 cm³/mol. The number of amides is 1. The van der Waals surface area contributed by atoms with Crippen molar-refractivity contribution >= 4 is 34.0 Å². The van der Waals surface area contributed by atoms with Gasteiger partial charge in [0.15, 0.2) is 0 Å². The summed E-state index contributed by atoms with van der Waals surface area (Å²) in [7, 11) is 0. The number of carbonyl (C=O) groups is 1. The first kappa shape index (κ1) is 12.6. The summed E-state index contributed by atoms with van der Waals surface area (Å²) in [6.45, 7) is 0. The largest absolute Gasteiger partial charge is 0.321 e. The van der Waals surface area contributed by atoms with Gasteiger partial charge >= 0.3 is 0 Å². The van der Waals surface area contributed by atoms with Gasteiger partial charge in [-0.2, -0.15) is 0 Å². The van der Waals surface area contributed by atoms with E-state index in [4.69, 9.17) is 11.6 Å². The van der Waals surface area contributed by atoms with Gasteiger partial charge in [-0.05, 0) is 29.7 Å². The molecule has 4 heteroatoms. The van der Waals surface area contributed by atoms with Crippen LogP contribution in [0.5, 0.6) is 0 Å². The Balaban J connectivity index is 1.88. The van der Waals surface area contributed by atoms with E-state index < -0.39 is 0 Å². The molecule has 0 saturated carbocycles. The lowest BCUT2D eigenvalue weighted by molar-refractivity contribution is 0.102. The fraction of sp³-hybridized carbons (Fsp3) is 0. The van der Waals surface area contributed by atoms with Crippen LogP contribution in [0.3, 0.4) is 0 Å². The highest BCUT2D eigenvalue weighted by atomic mass is 35.5. The van der Waals surface area contributed by atoms with E-state index in [1.165, 1.54) is 0 Å². The third-order valence-corrected chi connectivity index (χ3v) is 3.18. The summed E-state index contributed by atoms with van der Waals surface area (Å²) in [5.41, 5.74) is 1.03. The molecule has 2 aromatic carbocycles. The molecular weight excluding hydrogens is 272 g/mol. The Labute approximate surface area is 121 Å². The fourth-order valence-corrected chi connectivity index (χ4v) is 2.16. The molecule has 3 rings (SSSR count). The van der Waals surface area contributed by atoms with Gasteiger partial charge in [-0.25, -0.2) is 0 Å². The number of halogens is 1. The molecule has 0 saturated heterocycles. The van der Waals surface area contributed by atoms with Crippen molar-refractivity contribution in [2.75, 3.05) is 5.32 Å². The summed E-state index contributed by atoms with van der Waals surface area (Å²) in [6, 6.07) is 16.6. The second kappa shape index (κ2) is 5.31. The molecule has 0 radical (unpaired) electrons. The van der Waals surface area contributed by atoms with Gasteiger partial charge in [-0.15, -0.1) is 0 Å². The molecular formula is C16H11ClN2O. The Bertz CT molecular complexity index is 786. The number of pyridine rings is 1. The van der Waals surface area contributed by atoms with E-state index in [1.807, 2.05) is 24.3 Å². The van der Waals surface area contributed by atoms with Gasteiger partial charge < -0.3 is 5.32 Å². The summed E-state index contributed by atoms with van der Waals surface area (Å²) < 4.78 is 0. The minimum absolute atomic E-state index is 0.252. The van der Waals surface area contributed by atoms with Crippen LogP contribution in [0.4, 0.5) is 5.69 Å². The summed E-state index contributed by atoms with van der Waals surface area (Å²) >= 11 is 5.89. The summed E-state index contributed by atoms with van der Waals surface area (Å²) in [4.78, 5) is 16.3. The second-order valence-electron chi connectivity index (χ2n) is 4.38. The molecule has 0 aliphatic carbocycles. The van der Waals surface area contributed by atoms with E-state index in [0.29, 0.717) is 16.4 Å². The van der Waals surface area contributed by atoms with Crippen molar-refractivity contribution in [3.63, 3.8) is 0 Å². The molecule has 1 aromatic heterocycles. The molecule has 0 bridgehead atoms. The van der Waals surface area contributed by atoms with Crippen LogP contribution in [0.2, 0.25) is 5.02 Å². The minimum atomic E-state index is -0.252. The fourth-order valence-electron chi connectivity index (χ4n) is 1.97.